The Morgan fingerprint density at radius 3 is 2.61 bits per heavy atom. The lowest BCUT2D eigenvalue weighted by atomic mass is 10.2. The van der Waals surface area contributed by atoms with Gasteiger partial charge in [-0.3, -0.25) is 14.9 Å². The van der Waals surface area contributed by atoms with E-state index in [-0.39, 0.29) is 11.6 Å². The molecular formula is C19H23N5O4. The highest BCUT2D eigenvalue weighted by atomic mass is 16.6. The first kappa shape index (κ1) is 19.4. The summed E-state index contributed by atoms with van der Waals surface area (Å²) in [6.45, 7) is 3.25. The van der Waals surface area contributed by atoms with Gasteiger partial charge < -0.3 is 19.9 Å². The second-order valence-corrected chi connectivity index (χ2v) is 6.38. The lowest BCUT2D eigenvalue weighted by molar-refractivity contribution is -0.385. The van der Waals surface area contributed by atoms with Crippen LogP contribution in [0.15, 0.2) is 42.6 Å². The fourth-order valence-corrected chi connectivity index (χ4v) is 3.14. The summed E-state index contributed by atoms with van der Waals surface area (Å²) in [6, 6.07) is 10.8. The van der Waals surface area contributed by atoms with Crippen molar-refractivity contribution in [3.05, 3.63) is 52.7 Å². The topological polar surface area (TPSA) is 101 Å². The molecule has 1 aromatic carbocycles. The van der Waals surface area contributed by atoms with Gasteiger partial charge in [0.25, 0.3) is 5.69 Å². The molecule has 0 unspecified atom stereocenters. The van der Waals surface area contributed by atoms with Gasteiger partial charge in [0.2, 0.25) is 5.91 Å². The summed E-state index contributed by atoms with van der Waals surface area (Å²) < 4.78 is 5.41. The molecule has 1 aliphatic heterocycles. The Kier molecular flexibility index (Phi) is 6.25. The molecule has 0 atom stereocenters. The van der Waals surface area contributed by atoms with E-state index in [1.807, 2.05) is 29.2 Å². The number of carbonyl (C=O) groups is 1. The SMILES string of the molecule is COc1ccccc1N1CCN(C(=O)CCNc2ccc([N+](=O)[O-])cn2)CC1. The van der Waals surface area contributed by atoms with Crippen LogP contribution in [-0.4, -0.2) is 60.5 Å². The Morgan fingerprint density at radius 1 is 1.21 bits per heavy atom. The number of nitro groups is 1. The molecule has 0 spiro atoms. The number of piperazine rings is 1. The second kappa shape index (κ2) is 9.03. The highest BCUT2D eigenvalue weighted by molar-refractivity contribution is 5.77. The summed E-state index contributed by atoms with van der Waals surface area (Å²) in [7, 11) is 1.66. The molecule has 28 heavy (non-hydrogen) atoms. The number of ether oxygens (including phenoxy) is 1. The maximum atomic E-state index is 12.4. The van der Waals surface area contributed by atoms with Crippen LogP contribution in [0, 0.1) is 10.1 Å². The number of benzene rings is 1. The zero-order valence-corrected chi connectivity index (χ0v) is 15.7. The zero-order chi connectivity index (χ0) is 19.9. The molecule has 1 amide bonds. The number of nitrogens with zero attached hydrogens (tertiary/aromatic N) is 4. The summed E-state index contributed by atoms with van der Waals surface area (Å²) in [5.74, 6) is 1.43. The molecule has 3 rings (SSSR count). The van der Waals surface area contributed by atoms with Crippen molar-refractivity contribution in [2.75, 3.05) is 50.1 Å². The fraction of sp³-hybridized carbons (Fsp3) is 0.368. The first-order valence-corrected chi connectivity index (χ1v) is 9.08. The van der Waals surface area contributed by atoms with E-state index < -0.39 is 4.92 Å². The predicted molar refractivity (Wildman–Crippen MR) is 106 cm³/mol. The van der Waals surface area contributed by atoms with Crippen molar-refractivity contribution in [3.63, 3.8) is 0 Å². The largest absolute Gasteiger partial charge is 0.495 e. The van der Waals surface area contributed by atoms with Crippen molar-refractivity contribution in [2.24, 2.45) is 0 Å². The van der Waals surface area contributed by atoms with Crippen LogP contribution >= 0.6 is 0 Å². The average Bonchev–Trinajstić information content (AvgIpc) is 2.74. The van der Waals surface area contributed by atoms with Crippen LogP contribution in [0.5, 0.6) is 5.75 Å². The quantitative estimate of drug-likeness (QED) is 0.576. The molecule has 1 N–H and O–H groups in total. The maximum Gasteiger partial charge on any atom is 0.287 e. The summed E-state index contributed by atoms with van der Waals surface area (Å²) in [6.07, 6.45) is 1.54. The van der Waals surface area contributed by atoms with Crippen LogP contribution in [0.4, 0.5) is 17.2 Å². The molecule has 1 aromatic heterocycles. The summed E-state index contributed by atoms with van der Waals surface area (Å²) in [5, 5.41) is 13.6. The highest BCUT2D eigenvalue weighted by Crippen LogP contribution is 2.28. The Labute approximate surface area is 163 Å². The van der Waals surface area contributed by atoms with Gasteiger partial charge in [-0.2, -0.15) is 0 Å². The van der Waals surface area contributed by atoms with Gasteiger partial charge in [-0.15, -0.1) is 0 Å². The minimum absolute atomic E-state index is 0.0606. The van der Waals surface area contributed by atoms with E-state index in [4.69, 9.17) is 4.74 Å². The van der Waals surface area contributed by atoms with Gasteiger partial charge in [0.05, 0.1) is 17.7 Å². The third-order valence-corrected chi connectivity index (χ3v) is 4.66. The number of hydrogen-bond acceptors (Lipinski definition) is 7. The molecule has 0 aliphatic carbocycles. The molecular weight excluding hydrogens is 362 g/mol. The third-order valence-electron chi connectivity index (χ3n) is 4.66. The Balaban J connectivity index is 1.44. The normalized spacial score (nSPS) is 13.9. The minimum atomic E-state index is -0.495. The summed E-state index contributed by atoms with van der Waals surface area (Å²) in [5.41, 5.74) is 0.984. The summed E-state index contributed by atoms with van der Waals surface area (Å²) >= 11 is 0. The Morgan fingerprint density at radius 2 is 1.96 bits per heavy atom. The maximum absolute atomic E-state index is 12.4. The lowest BCUT2D eigenvalue weighted by Crippen LogP contribution is -2.49. The number of para-hydroxylation sites is 2. The van der Waals surface area contributed by atoms with E-state index in [2.05, 4.69) is 15.2 Å². The number of aromatic nitrogens is 1. The van der Waals surface area contributed by atoms with Gasteiger partial charge in [0.15, 0.2) is 0 Å². The highest BCUT2D eigenvalue weighted by Gasteiger charge is 2.22. The van der Waals surface area contributed by atoms with Crippen LogP contribution in [0.2, 0.25) is 0 Å². The van der Waals surface area contributed by atoms with Crippen LogP contribution in [0.25, 0.3) is 0 Å². The average molecular weight is 385 g/mol. The first-order chi connectivity index (χ1) is 13.6. The number of anilines is 2. The zero-order valence-electron chi connectivity index (χ0n) is 15.7. The first-order valence-electron chi connectivity index (χ1n) is 9.08. The molecule has 9 nitrogen and oxygen atoms in total. The molecule has 1 saturated heterocycles. The molecule has 2 aromatic rings. The van der Waals surface area contributed by atoms with E-state index in [1.165, 1.54) is 18.3 Å². The van der Waals surface area contributed by atoms with E-state index in [9.17, 15) is 14.9 Å². The van der Waals surface area contributed by atoms with E-state index >= 15 is 0 Å². The Hall–Kier alpha value is -3.36. The van der Waals surface area contributed by atoms with Crippen molar-refractivity contribution in [1.29, 1.82) is 0 Å². The fourth-order valence-electron chi connectivity index (χ4n) is 3.14. The van der Waals surface area contributed by atoms with Gasteiger partial charge in [0, 0.05) is 45.2 Å². The standard InChI is InChI=1S/C19H23N5O4/c1-28-17-5-3-2-4-16(17)22-10-12-23(13-11-22)19(25)8-9-20-18-7-6-15(14-21-18)24(26)27/h2-7,14H,8-13H2,1H3,(H,20,21). The van der Waals surface area contributed by atoms with Gasteiger partial charge >= 0.3 is 0 Å². The van der Waals surface area contributed by atoms with E-state index in [0.717, 1.165) is 24.5 Å². The molecule has 2 heterocycles. The molecule has 1 aliphatic rings. The smallest absolute Gasteiger partial charge is 0.287 e. The molecule has 0 saturated carbocycles. The number of hydrogen-bond donors (Lipinski definition) is 1. The second-order valence-electron chi connectivity index (χ2n) is 6.38. The number of amides is 1. The van der Waals surface area contributed by atoms with Crippen molar-refractivity contribution in [1.82, 2.24) is 9.88 Å². The predicted octanol–water partition coefficient (Wildman–Crippen LogP) is 2.15. The van der Waals surface area contributed by atoms with Crippen molar-refractivity contribution in [2.45, 2.75) is 6.42 Å². The number of nitrogens with one attached hydrogen (secondary N) is 1. The molecule has 0 bridgehead atoms. The lowest BCUT2D eigenvalue weighted by Gasteiger charge is -2.36. The number of carbonyl (C=O) groups excluding carboxylic acids is 1. The van der Waals surface area contributed by atoms with Crippen molar-refractivity contribution >= 4 is 23.1 Å². The van der Waals surface area contributed by atoms with Gasteiger partial charge in [-0.25, -0.2) is 4.98 Å². The van der Waals surface area contributed by atoms with Gasteiger partial charge in [0.1, 0.15) is 17.8 Å². The summed E-state index contributed by atoms with van der Waals surface area (Å²) in [4.78, 5) is 30.6. The monoisotopic (exact) mass is 385 g/mol. The molecule has 9 heteroatoms. The van der Waals surface area contributed by atoms with Crippen LogP contribution in [-0.2, 0) is 4.79 Å². The number of pyridine rings is 1. The van der Waals surface area contributed by atoms with Crippen LogP contribution in [0.1, 0.15) is 6.42 Å². The van der Waals surface area contributed by atoms with E-state index in [1.54, 1.807) is 7.11 Å². The van der Waals surface area contributed by atoms with Gasteiger partial charge in [-0.1, -0.05) is 12.1 Å². The minimum Gasteiger partial charge on any atom is -0.495 e. The van der Waals surface area contributed by atoms with Crippen LogP contribution < -0.4 is 15.0 Å². The number of methoxy groups -OCH3 is 1. The molecule has 148 valence electrons. The van der Waals surface area contributed by atoms with Crippen molar-refractivity contribution < 1.29 is 14.5 Å². The number of rotatable bonds is 7. The van der Waals surface area contributed by atoms with Gasteiger partial charge in [-0.05, 0) is 18.2 Å². The Bertz CT molecular complexity index is 819. The third kappa shape index (κ3) is 4.67. The van der Waals surface area contributed by atoms with E-state index in [0.29, 0.717) is 31.9 Å². The molecule has 1 fully saturated rings. The van der Waals surface area contributed by atoms with Crippen molar-refractivity contribution in [3.8, 4) is 5.75 Å². The molecule has 0 radical (unpaired) electrons. The van der Waals surface area contributed by atoms with Crippen LogP contribution in [0.3, 0.4) is 0 Å².